The Morgan fingerprint density at radius 3 is 2.72 bits per heavy atom. The molecule has 1 aromatic rings. The van der Waals surface area contributed by atoms with Crippen LogP contribution in [0.1, 0.15) is 32.8 Å². The first-order chi connectivity index (χ1) is 15.1. The maximum atomic E-state index is 14.9. The number of halogens is 1. The summed E-state index contributed by atoms with van der Waals surface area (Å²) in [6, 6.07) is 3.73. The number of amides is 4. The van der Waals surface area contributed by atoms with E-state index in [-0.39, 0.29) is 36.5 Å². The highest BCUT2D eigenvalue weighted by molar-refractivity contribution is 7.94. The lowest BCUT2D eigenvalue weighted by Crippen LogP contribution is -2.33. The number of benzene rings is 1. The third-order valence-electron chi connectivity index (χ3n) is 5.01. The lowest BCUT2D eigenvalue weighted by Gasteiger charge is -2.19. The molecular formula is C21H27FN4O5S. The fourth-order valence-electron chi connectivity index (χ4n) is 3.47. The van der Waals surface area contributed by atoms with Crippen molar-refractivity contribution in [1.82, 2.24) is 10.6 Å². The Kier molecular flexibility index (Phi) is 7.17. The molecule has 32 heavy (non-hydrogen) atoms. The zero-order valence-electron chi connectivity index (χ0n) is 18.2. The molecule has 1 fully saturated rings. The van der Waals surface area contributed by atoms with Crippen LogP contribution in [0.2, 0.25) is 0 Å². The molecule has 1 aromatic carbocycles. The van der Waals surface area contributed by atoms with Gasteiger partial charge in [0.2, 0.25) is 5.91 Å². The zero-order valence-corrected chi connectivity index (χ0v) is 19.0. The van der Waals surface area contributed by atoms with Gasteiger partial charge in [-0.15, -0.1) is 4.36 Å². The van der Waals surface area contributed by atoms with Gasteiger partial charge in [-0.25, -0.2) is 18.2 Å². The number of hydrogen-bond acceptors (Lipinski definition) is 5. The Morgan fingerprint density at radius 2 is 2.12 bits per heavy atom. The Hall–Kier alpha value is -2.95. The van der Waals surface area contributed by atoms with E-state index in [2.05, 4.69) is 15.0 Å². The van der Waals surface area contributed by atoms with Gasteiger partial charge in [0.05, 0.1) is 34.3 Å². The fourth-order valence-corrected chi connectivity index (χ4v) is 5.15. The molecule has 2 heterocycles. The van der Waals surface area contributed by atoms with Crippen LogP contribution < -0.4 is 15.5 Å². The summed E-state index contributed by atoms with van der Waals surface area (Å²) in [7, 11) is -2.72. The average Bonchev–Trinajstić information content (AvgIpc) is 3.07. The summed E-state index contributed by atoms with van der Waals surface area (Å²) in [6.45, 7) is 5.33. The SMILES string of the molecule is CC(=O)NC[C@H]1CN(c2ccc(C3=CCS(=O)(=NC(=O)NC(C)C)CC3)c(F)c2)C(=O)O1. The number of carbonyl (C=O) groups excluding carboxylic acids is 3. The van der Waals surface area contributed by atoms with Gasteiger partial charge in [0.25, 0.3) is 0 Å². The van der Waals surface area contributed by atoms with Crippen molar-refractivity contribution in [3.63, 3.8) is 0 Å². The van der Waals surface area contributed by atoms with Gasteiger partial charge >= 0.3 is 12.1 Å². The van der Waals surface area contributed by atoms with Gasteiger partial charge in [0.15, 0.2) is 0 Å². The molecule has 0 bridgehead atoms. The maximum absolute atomic E-state index is 14.9. The van der Waals surface area contributed by atoms with E-state index >= 15 is 0 Å². The maximum Gasteiger partial charge on any atom is 0.414 e. The number of allylic oxidation sites excluding steroid dienone is 1. The van der Waals surface area contributed by atoms with Crippen LogP contribution in [-0.2, 0) is 19.3 Å². The third kappa shape index (κ3) is 5.84. The summed E-state index contributed by atoms with van der Waals surface area (Å²) >= 11 is 0. The van der Waals surface area contributed by atoms with Gasteiger partial charge in [-0.2, -0.15) is 0 Å². The van der Waals surface area contributed by atoms with E-state index in [1.807, 2.05) is 0 Å². The third-order valence-corrected chi connectivity index (χ3v) is 7.03. The van der Waals surface area contributed by atoms with Crippen LogP contribution >= 0.6 is 0 Å². The van der Waals surface area contributed by atoms with Crippen molar-refractivity contribution < 1.29 is 27.7 Å². The summed E-state index contributed by atoms with van der Waals surface area (Å²) in [4.78, 5) is 36.3. The monoisotopic (exact) mass is 466 g/mol. The topological polar surface area (TPSA) is 117 Å². The quantitative estimate of drug-likeness (QED) is 0.692. The number of cyclic esters (lactones) is 1. The summed E-state index contributed by atoms with van der Waals surface area (Å²) in [6.07, 6.45) is 0.854. The van der Waals surface area contributed by atoms with Crippen molar-refractivity contribution in [3.8, 4) is 0 Å². The van der Waals surface area contributed by atoms with Gasteiger partial charge in [-0.3, -0.25) is 9.69 Å². The molecule has 1 unspecified atom stereocenters. The van der Waals surface area contributed by atoms with Crippen LogP contribution in [0, 0.1) is 5.82 Å². The van der Waals surface area contributed by atoms with E-state index < -0.39 is 33.8 Å². The predicted molar refractivity (Wildman–Crippen MR) is 119 cm³/mol. The summed E-state index contributed by atoms with van der Waals surface area (Å²) in [5.41, 5.74) is 1.38. The first-order valence-electron chi connectivity index (χ1n) is 10.3. The molecule has 0 aromatic heterocycles. The van der Waals surface area contributed by atoms with Crippen molar-refractivity contribution in [2.75, 3.05) is 29.5 Å². The molecule has 11 heteroatoms. The van der Waals surface area contributed by atoms with Crippen LogP contribution in [-0.4, -0.2) is 59.0 Å². The first kappa shape index (κ1) is 23.7. The predicted octanol–water partition coefficient (Wildman–Crippen LogP) is 2.66. The van der Waals surface area contributed by atoms with Crippen molar-refractivity contribution in [3.05, 3.63) is 35.7 Å². The van der Waals surface area contributed by atoms with E-state index in [0.717, 1.165) is 0 Å². The smallest absolute Gasteiger partial charge is 0.414 e. The highest BCUT2D eigenvalue weighted by atomic mass is 32.2. The minimum absolute atomic E-state index is 0.0678. The normalized spacial score (nSPS) is 22.9. The second kappa shape index (κ2) is 9.68. The molecule has 0 saturated carbocycles. The summed E-state index contributed by atoms with van der Waals surface area (Å²) in [5.74, 6) is -0.518. The van der Waals surface area contributed by atoms with Crippen LogP contribution in [0.25, 0.3) is 5.57 Å². The number of nitrogens with one attached hydrogen (secondary N) is 2. The zero-order chi connectivity index (χ0) is 23.5. The first-order valence-corrected chi connectivity index (χ1v) is 12.2. The molecule has 2 N–H and O–H groups in total. The second-order valence-corrected chi connectivity index (χ2v) is 10.5. The number of hydrogen-bond donors (Lipinski definition) is 2. The minimum Gasteiger partial charge on any atom is -0.442 e. The lowest BCUT2D eigenvalue weighted by molar-refractivity contribution is -0.119. The van der Waals surface area contributed by atoms with Crippen LogP contribution in [0.15, 0.2) is 28.6 Å². The Bertz CT molecular complexity index is 1080. The fraction of sp³-hybridized carbons (Fsp3) is 0.476. The molecule has 1 saturated heterocycles. The van der Waals surface area contributed by atoms with E-state index in [0.29, 0.717) is 23.2 Å². The molecule has 3 rings (SSSR count). The highest BCUT2D eigenvalue weighted by Gasteiger charge is 2.33. The Morgan fingerprint density at radius 1 is 1.38 bits per heavy atom. The minimum atomic E-state index is -2.72. The van der Waals surface area contributed by atoms with Crippen molar-refractivity contribution >= 4 is 39.0 Å². The van der Waals surface area contributed by atoms with Crippen molar-refractivity contribution in [2.24, 2.45) is 4.36 Å². The average molecular weight is 467 g/mol. The van der Waals surface area contributed by atoms with Crippen LogP contribution in [0.5, 0.6) is 0 Å². The Balaban J connectivity index is 1.71. The van der Waals surface area contributed by atoms with E-state index in [4.69, 9.17) is 4.74 Å². The van der Waals surface area contributed by atoms with Crippen molar-refractivity contribution in [2.45, 2.75) is 39.3 Å². The highest BCUT2D eigenvalue weighted by Crippen LogP contribution is 2.30. The molecule has 2 aliphatic heterocycles. The lowest BCUT2D eigenvalue weighted by atomic mass is 10.0. The van der Waals surface area contributed by atoms with E-state index in [1.165, 1.54) is 17.9 Å². The van der Waals surface area contributed by atoms with Crippen LogP contribution in [0.3, 0.4) is 0 Å². The van der Waals surface area contributed by atoms with Gasteiger partial charge in [-0.1, -0.05) is 6.08 Å². The number of carbonyl (C=O) groups is 3. The number of ether oxygens (including phenoxy) is 1. The molecule has 2 aliphatic rings. The van der Waals surface area contributed by atoms with Crippen LogP contribution in [0.4, 0.5) is 19.7 Å². The van der Waals surface area contributed by atoms with Crippen molar-refractivity contribution in [1.29, 1.82) is 0 Å². The molecule has 0 radical (unpaired) electrons. The molecule has 9 nitrogen and oxygen atoms in total. The molecule has 0 spiro atoms. The number of rotatable bonds is 5. The largest absolute Gasteiger partial charge is 0.442 e. The van der Waals surface area contributed by atoms with E-state index in [9.17, 15) is 23.0 Å². The van der Waals surface area contributed by atoms with Gasteiger partial charge < -0.3 is 15.4 Å². The molecular weight excluding hydrogens is 439 g/mol. The molecule has 4 amide bonds. The second-order valence-electron chi connectivity index (χ2n) is 8.04. The molecule has 2 atom stereocenters. The van der Waals surface area contributed by atoms with Gasteiger partial charge in [-0.05, 0) is 44.0 Å². The standard InChI is InChI=1S/C21H27FN4O5S/c1-13(2)24-20(28)25-32(30)8-6-15(7-9-32)18-5-4-16(10-19(18)22)26-12-17(31-21(26)29)11-23-14(3)27/h4-6,10,13,17H,7-9,11-12H2,1-3H3,(H,23,27)(H,24,28)/t17-,32?/m0/s1. The summed E-state index contributed by atoms with van der Waals surface area (Å²) < 4.78 is 36.7. The molecule has 0 aliphatic carbocycles. The summed E-state index contributed by atoms with van der Waals surface area (Å²) in [5, 5.41) is 5.18. The van der Waals surface area contributed by atoms with Gasteiger partial charge in [0.1, 0.15) is 11.9 Å². The number of nitrogens with zero attached hydrogens (tertiary/aromatic N) is 2. The van der Waals surface area contributed by atoms with Gasteiger partial charge in [0, 0.05) is 24.3 Å². The van der Waals surface area contributed by atoms with E-state index in [1.54, 1.807) is 32.1 Å². The molecule has 174 valence electrons. The Labute approximate surface area is 186 Å². The number of urea groups is 1. The number of anilines is 1.